The van der Waals surface area contributed by atoms with Crippen molar-refractivity contribution >= 4 is 5.91 Å². The van der Waals surface area contributed by atoms with Crippen molar-refractivity contribution in [3.05, 3.63) is 24.6 Å². The Kier molecular flexibility index (Phi) is 19.0. The number of hydrogen-bond donors (Lipinski definition) is 2. The number of quaternary nitrogens is 1. The number of carbonyl (C=O) groups is 1. The van der Waals surface area contributed by atoms with Gasteiger partial charge >= 0.3 is 0 Å². The van der Waals surface area contributed by atoms with Crippen molar-refractivity contribution in [3.8, 4) is 0 Å². The quantitative estimate of drug-likeness (QED) is 0.0892. The van der Waals surface area contributed by atoms with Gasteiger partial charge in [0.15, 0.2) is 6.17 Å². The highest BCUT2D eigenvalue weighted by Gasteiger charge is 2.36. The molecular formula is C30H58N3O+. The van der Waals surface area contributed by atoms with E-state index in [1.807, 2.05) is 0 Å². The third kappa shape index (κ3) is 14.9. The number of nitrogens with zero attached hydrogens (tertiary/aromatic N) is 1. The van der Waals surface area contributed by atoms with Crippen LogP contribution in [0, 0.1) is 0 Å². The molecule has 1 heterocycles. The summed E-state index contributed by atoms with van der Waals surface area (Å²) in [5, 5.41) is 6.53. The second-order valence-corrected chi connectivity index (χ2v) is 10.4. The molecule has 0 bridgehead atoms. The second kappa shape index (κ2) is 21.0. The number of amides is 1. The summed E-state index contributed by atoms with van der Waals surface area (Å²) in [6.07, 6.45) is 34.3. The van der Waals surface area contributed by atoms with E-state index < -0.39 is 0 Å². The normalized spacial score (nSPS) is 19.7. The van der Waals surface area contributed by atoms with Gasteiger partial charge in [0.25, 0.3) is 0 Å². The predicted molar refractivity (Wildman–Crippen MR) is 148 cm³/mol. The van der Waals surface area contributed by atoms with Gasteiger partial charge < -0.3 is 10.6 Å². The number of carbonyl (C=O) groups excluding carboxylic acids is 1. The molecule has 0 aromatic rings. The topological polar surface area (TPSA) is 41.1 Å². The van der Waals surface area contributed by atoms with Crippen LogP contribution in [0.15, 0.2) is 24.6 Å². The number of nitrogens with one attached hydrogen (secondary N) is 2. The van der Waals surface area contributed by atoms with Crippen LogP contribution >= 0.6 is 0 Å². The van der Waals surface area contributed by atoms with Gasteiger partial charge in [-0.1, -0.05) is 96.1 Å². The Morgan fingerprint density at radius 3 is 1.88 bits per heavy atom. The molecule has 2 unspecified atom stereocenters. The summed E-state index contributed by atoms with van der Waals surface area (Å²) in [5.74, 6) is 0.0677. The average molecular weight is 477 g/mol. The lowest BCUT2D eigenvalue weighted by Gasteiger charge is -2.37. The summed E-state index contributed by atoms with van der Waals surface area (Å²) in [5.41, 5.74) is 0. The third-order valence-electron chi connectivity index (χ3n) is 7.51. The van der Waals surface area contributed by atoms with E-state index in [0.717, 1.165) is 24.1 Å². The first-order chi connectivity index (χ1) is 16.6. The number of rotatable bonds is 23. The van der Waals surface area contributed by atoms with E-state index in [-0.39, 0.29) is 5.91 Å². The molecule has 0 fully saturated rings. The maximum Gasteiger partial charge on any atom is 0.217 e. The fourth-order valence-electron chi connectivity index (χ4n) is 5.17. The third-order valence-corrected chi connectivity index (χ3v) is 7.51. The van der Waals surface area contributed by atoms with Crippen LogP contribution in [0.4, 0.5) is 0 Å². The van der Waals surface area contributed by atoms with Gasteiger partial charge in [-0.25, -0.2) is 0 Å². The van der Waals surface area contributed by atoms with Gasteiger partial charge in [0.1, 0.15) is 12.7 Å². The summed E-state index contributed by atoms with van der Waals surface area (Å²) >= 11 is 0. The van der Waals surface area contributed by atoms with Crippen molar-refractivity contribution in [3.63, 3.8) is 0 Å². The van der Waals surface area contributed by atoms with Crippen LogP contribution in [0.1, 0.15) is 136 Å². The summed E-state index contributed by atoms with van der Waals surface area (Å²) in [4.78, 5) is 11.2. The van der Waals surface area contributed by atoms with Crippen LogP contribution in [0.3, 0.4) is 0 Å². The van der Waals surface area contributed by atoms with Crippen LogP contribution < -0.4 is 10.6 Å². The van der Waals surface area contributed by atoms with E-state index in [4.69, 9.17) is 0 Å². The summed E-state index contributed by atoms with van der Waals surface area (Å²) < 4.78 is 0.954. The van der Waals surface area contributed by atoms with Gasteiger partial charge in [0.05, 0.1) is 19.3 Å². The molecule has 0 radical (unpaired) electrons. The van der Waals surface area contributed by atoms with Crippen molar-refractivity contribution < 1.29 is 9.28 Å². The summed E-state index contributed by atoms with van der Waals surface area (Å²) in [7, 11) is 0. The fourth-order valence-corrected chi connectivity index (χ4v) is 5.17. The van der Waals surface area contributed by atoms with Crippen LogP contribution in [-0.4, -0.2) is 36.2 Å². The summed E-state index contributed by atoms with van der Waals surface area (Å²) in [6.45, 7) is 8.93. The van der Waals surface area contributed by atoms with Crippen molar-refractivity contribution in [2.75, 3.05) is 19.6 Å². The minimum atomic E-state index is 0.0677. The Bertz CT molecular complexity index is 545. The zero-order valence-corrected chi connectivity index (χ0v) is 23.1. The monoisotopic (exact) mass is 476 g/mol. The molecule has 2 N–H and O–H groups in total. The van der Waals surface area contributed by atoms with Crippen LogP contribution in [0.5, 0.6) is 0 Å². The highest BCUT2D eigenvalue weighted by atomic mass is 16.1. The Balaban J connectivity index is 1.90. The SMILES string of the molecule is CCCCCC/C=C/CCCCCCCCCCCCCC1NC=C[N+]1(CC)CCNC(C)=O. The minimum absolute atomic E-state index is 0.0677. The molecule has 0 saturated heterocycles. The predicted octanol–water partition coefficient (Wildman–Crippen LogP) is 7.96. The van der Waals surface area contributed by atoms with Crippen LogP contribution in [-0.2, 0) is 4.79 Å². The van der Waals surface area contributed by atoms with Gasteiger partial charge in [0.2, 0.25) is 5.91 Å². The van der Waals surface area contributed by atoms with Crippen molar-refractivity contribution in [1.29, 1.82) is 0 Å². The fraction of sp³-hybridized carbons (Fsp3) is 0.833. The lowest BCUT2D eigenvalue weighted by molar-refractivity contribution is -0.898. The molecule has 0 aliphatic carbocycles. The first-order valence-electron chi connectivity index (χ1n) is 14.8. The number of likely N-dealkylation sites (N-methyl/N-ethyl adjacent to an activating group) is 1. The molecular weight excluding hydrogens is 418 g/mol. The van der Waals surface area contributed by atoms with Crippen molar-refractivity contribution in [2.45, 2.75) is 143 Å². The Hall–Kier alpha value is -1.29. The van der Waals surface area contributed by atoms with E-state index >= 15 is 0 Å². The van der Waals surface area contributed by atoms with E-state index in [1.165, 1.54) is 116 Å². The van der Waals surface area contributed by atoms with Crippen molar-refractivity contribution in [1.82, 2.24) is 10.6 Å². The Labute approximate surface area is 212 Å². The maximum absolute atomic E-state index is 11.2. The molecule has 1 aliphatic heterocycles. The Morgan fingerprint density at radius 2 is 1.35 bits per heavy atom. The zero-order valence-electron chi connectivity index (χ0n) is 23.1. The molecule has 1 amide bonds. The number of unbranched alkanes of at least 4 members (excludes halogenated alkanes) is 15. The lowest BCUT2D eigenvalue weighted by Crippen LogP contribution is -2.55. The molecule has 34 heavy (non-hydrogen) atoms. The first-order valence-corrected chi connectivity index (χ1v) is 14.8. The van der Waals surface area contributed by atoms with Gasteiger partial charge in [0, 0.05) is 13.3 Å². The van der Waals surface area contributed by atoms with Gasteiger partial charge in [-0.15, -0.1) is 0 Å². The van der Waals surface area contributed by atoms with Gasteiger partial charge in [-0.2, -0.15) is 0 Å². The van der Waals surface area contributed by atoms with Crippen LogP contribution in [0.25, 0.3) is 0 Å². The minimum Gasteiger partial charge on any atom is -0.351 e. The Morgan fingerprint density at radius 1 is 0.824 bits per heavy atom. The summed E-state index contributed by atoms with van der Waals surface area (Å²) in [6, 6.07) is 0. The smallest absolute Gasteiger partial charge is 0.217 e. The van der Waals surface area contributed by atoms with E-state index in [0.29, 0.717) is 6.17 Å². The van der Waals surface area contributed by atoms with E-state index in [1.54, 1.807) is 6.92 Å². The molecule has 1 rings (SSSR count). The van der Waals surface area contributed by atoms with E-state index in [9.17, 15) is 4.79 Å². The molecule has 4 nitrogen and oxygen atoms in total. The van der Waals surface area contributed by atoms with Crippen molar-refractivity contribution in [2.24, 2.45) is 0 Å². The zero-order chi connectivity index (χ0) is 24.7. The molecule has 2 atom stereocenters. The highest BCUT2D eigenvalue weighted by molar-refractivity contribution is 5.72. The van der Waals surface area contributed by atoms with E-state index in [2.05, 4.69) is 49.0 Å². The molecule has 198 valence electrons. The second-order valence-electron chi connectivity index (χ2n) is 10.4. The molecule has 0 spiro atoms. The molecule has 1 aliphatic rings. The van der Waals surface area contributed by atoms with Gasteiger partial charge in [-0.05, 0) is 39.0 Å². The molecule has 0 aromatic heterocycles. The molecule has 0 aromatic carbocycles. The largest absolute Gasteiger partial charge is 0.351 e. The standard InChI is InChI=1S/C30H57N3O/c1-4-6-7-8-9-10-11-12-13-14-15-16-17-18-19-20-21-22-23-24-30-32-26-28-33(30,5-2)27-25-31-29(3)34/h10-11,26,28,30,32H,4-9,12-25,27H2,1-3H3/p+1/b11-10+. The first kappa shape index (κ1) is 30.7. The number of allylic oxidation sites excluding steroid dienone is 2. The number of hydrogen-bond acceptors (Lipinski definition) is 2. The maximum atomic E-state index is 11.2. The van der Waals surface area contributed by atoms with Crippen LogP contribution in [0.2, 0.25) is 0 Å². The van der Waals surface area contributed by atoms with Gasteiger partial charge in [-0.3, -0.25) is 9.28 Å². The molecule has 0 saturated carbocycles. The lowest BCUT2D eigenvalue weighted by atomic mass is 10.0. The average Bonchev–Trinajstić information content (AvgIpc) is 3.23. The highest BCUT2D eigenvalue weighted by Crippen LogP contribution is 2.23. The molecule has 4 heteroatoms.